The van der Waals surface area contributed by atoms with E-state index in [-0.39, 0.29) is 0 Å². The van der Waals surface area contributed by atoms with E-state index in [9.17, 15) is 0 Å². The van der Waals surface area contributed by atoms with Crippen LogP contribution in [0.4, 0.5) is 0 Å². The maximum atomic E-state index is 4.42. The summed E-state index contributed by atoms with van der Waals surface area (Å²) in [5.41, 5.74) is 0. The van der Waals surface area contributed by atoms with Crippen LogP contribution in [0.15, 0.2) is 4.99 Å². The van der Waals surface area contributed by atoms with Gasteiger partial charge in [-0.05, 0) is 25.7 Å². The average molecular weight is 211 g/mol. The Morgan fingerprint density at radius 3 is 1.40 bits per heavy atom. The minimum atomic E-state index is 1.21. The van der Waals surface area contributed by atoms with Crippen LogP contribution in [0.2, 0.25) is 0 Å². The Morgan fingerprint density at radius 2 is 1.13 bits per heavy atom. The monoisotopic (exact) mass is 211 g/mol. The quantitative estimate of drug-likeness (QED) is 0.452. The summed E-state index contributed by atoms with van der Waals surface area (Å²) in [7, 11) is 1.92. The molecule has 88 valence electrons. The molecule has 0 aromatic heterocycles. The minimum Gasteiger partial charge on any atom is -0.343 e. The predicted octanol–water partition coefficient (Wildman–Crippen LogP) is 2.19. The van der Waals surface area contributed by atoms with Gasteiger partial charge in [-0.1, -0.05) is 13.8 Å². The average Bonchev–Trinajstić information content (AvgIpc) is 2.94. The highest BCUT2D eigenvalue weighted by atomic mass is 15.4. The van der Waals surface area contributed by atoms with Crippen LogP contribution in [0.25, 0.3) is 0 Å². The number of hydrogen-bond donors (Lipinski definition) is 0. The molecule has 0 aromatic rings. The van der Waals surface area contributed by atoms with Crippen molar-refractivity contribution >= 4 is 5.96 Å². The zero-order valence-corrected chi connectivity index (χ0v) is 10.5. The highest BCUT2D eigenvalue weighted by Gasteiger charge is 2.23. The number of aliphatic imine (C=N–C) groups is 1. The molecule has 0 saturated carbocycles. The zero-order valence-electron chi connectivity index (χ0n) is 10.5. The van der Waals surface area contributed by atoms with Crippen LogP contribution in [0.3, 0.4) is 0 Å². The Hall–Kier alpha value is -0.730. The van der Waals surface area contributed by atoms with E-state index in [0.29, 0.717) is 0 Å². The summed E-state index contributed by atoms with van der Waals surface area (Å²) >= 11 is 0. The summed E-state index contributed by atoms with van der Waals surface area (Å²) in [5.74, 6) is 1.25. The highest BCUT2D eigenvalue weighted by Crippen LogP contribution is 2.15. The largest absolute Gasteiger partial charge is 0.343 e. The summed E-state index contributed by atoms with van der Waals surface area (Å²) in [6.07, 6.45) is 5.36. The van der Waals surface area contributed by atoms with Crippen LogP contribution in [0.1, 0.15) is 39.5 Å². The van der Waals surface area contributed by atoms with Gasteiger partial charge in [0.05, 0.1) is 0 Å². The molecule has 2 heterocycles. The fourth-order valence-electron chi connectivity index (χ4n) is 2.32. The molecule has 0 spiro atoms. The zero-order chi connectivity index (χ0) is 11.1. The molecule has 0 bridgehead atoms. The Balaban J connectivity index is 0.000000531. The molecule has 2 saturated heterocycles. The number of rotatable bonds is 0. The number of likely N-dealkylation sites (tertiary alicyclic amines) is 2. The van der Waals surface area contributed by atoms with E-state index >= 15 is 0 Å². The second-order valence-corrected chi connectivity index (χ2v) is 3.91. The summed E-state index contributed by atoms with van der Waals surface area (Å²) in [5, 5.41) is 0. The topological polar surface area (TPSA) is 18.8 Å². The van der Waals surface area contributed by atoms with E-state index in [1.54, 1.807) is 0 Å². The fourth-order valence-corrected chi connectivity index (χ4v) is 2.32. The molecular formula is C12H25N3. The lowest BCUT2D eigenvalue weighted by Gasteiger charge is -2.27. The lowest BCUT2D eigenvalue weighted by atomic mass is 10.4. The van der Waals surface area contributed by atoms with Crippen LogP contribution in [0.5, 0.6) is 0 Å². The lowest BCUT2D eigenvalue weighted by molar-refractivity contribution is 0.394. The van der Waals surface area contributed by atoms with Gasteiger partial charge in [-0.2, -0.15) is 0 Å². The maximum Gasteiger partial charge on any atom is 0.196 e. The Labute approximate surface area is 94.2 Å². The van der Waals surface area contributed by atoms with E-state index in [1.807, 2.05) is 20.9 Å². The van der Waals surface area contributed by atoms with Gasteiger partial charge in [0.25, 0.3) is 0 Å². The number of guanidine groups is 1. The van der Waals surface area contributed by atoms with Crippen molar-refractivity contribution in [1.82, 2.24) is 9.80 Å². The van der Waals surface area contributed by atoms with Crippen LogP contribution in [0, 0.1) is 0 Å². The summed E-state index contributed by atoms with van der Waals surface area (Å²) in [4.78, 5) is 9.29. The van der Waals surface area contributed by atoms with Gasteiger partial charge in [0.15, 0.2) is 5.96 Å². The molecule has 2 aliphatic rings. The van der Waals surface area contributed by atoms with E-state index in [1.165, 1.54) is 57.8 Å². The first-order valence-electron chi connectivity index (χ1n) is 6.38. The summed E-state index contributed by atoms with van der Waals surface area (Å²) in [6, 6.07) is 0. The van der Waals surface area contributed by atoms with Gasteiger partial charge in [0.2, 0.25) is 0 Å². The fraction of sp³-hybridized carbons (Fsp3) is 0.917. The van der Waals surface area contributed by atoms with Crippen molar-refractivity contribution in [2.45, 2.75) is 39.5 Å². The molecule has 2 aliphatic heterocycles. The maximum absolute atomic E-state index is 4.42. The Morgan fingerprint density at radius 1 is 0.800 bits per heavy atom. The van der Waals surface area contributed by atoms with Crippen molar-refractivity contribution in [3.8, 4) is 0 Å². The van der Waals surface area contributed by atoms with Gasteiger partial charge in [0, 0.05) is 33.2 Å². The molecule has 2 rings (SSSR count). The molecule has 0 aromatic carbocycles. The van der Waals surface area contributed by atoms with Gasteiger partial charge in [-0.25, -0.2) is 0 Å². The van der Waals surface area contributed by atoms with Gasteiger partial charge >= 0.3 is 0 Å². The summed E-state index contributed by atoms with van der Waals surface area (Å²) in [6.45, 7) is 8.85. The van der Waals surface area contributed by atoms with Gasteiger partial charge in [0.1, 0.15) is 0 Å². The molecule has 3 nitrogen and oxygen atoms in total. The van der Waals surface area contributed by atoms with Crippen molar-refractivity contribution in [3.63, 3.8) is 0 Å². The third-order valence-corrected chi connectivity index (χ3v) is 2.98. The van der Waals surface area contributed by atoms with Crippen LogP contribution in [-0.4, -0.2) is 49.0 Å². The van der Waals surface area contributed by atoms with Crippen LogP contribution < -0.4 is 0 Å². The van der Waals surface area contributed by atoms with Crippen LogP contribution >= 0.6 is 0 Å². The molecule has 3 heteroatoms. The van der Waals surface area contributed by atoms with E-state index in [2.05, 4.69) is 14.8 Å². The molecule has 15 heavy (non-hydrogen) atoms. The van der Waals surface area contributed by atoms with Gasteiger partial charge in [-0.15, -0.1) is 0 Å². The first-order valence-corrected chi connectivity index (χ1v) is 6.38. The van der Waals surface area contributed by atoms with Crippen molar-refractivity contribution < 1.29 is 0 Å². The molecule has 2 fully saturated rings. The second-order valence-electron chi connectivity index (χ2n) is 3.91. The molecule has 0 radical (unpaired) electrons. The lowest BCUT2D eigenvalue weighted by Crippen LogP contribution is -2.41. The third kappa shape index (κ3) is 3.11. The predicted molar refractivity (Wildman–Crippen MR) is 66.3 cm³/mol. The molecule has 0 aliphatic carbocycles. The van der Waals surface area contributed by atoms with E-state index < -0.39 is 0 Å². The molecule has 0 N–H and O–H groups in total. The van der Waals surface area contributed by atoms with E-state index in [4.69, 9.17) is 0 Å². The second kappa shape index (κ2) is 6.70. The van der Waals surface area contributed by atoms with Crippen molar-refractivity contribution in [3.05, 3.63) is 0 Å². The van der Waals surface area contributed by atoms with E-state index in [0.717, 1.165) is 0 Å². The van der Waals surface area contributed by atoms with Crippen molar-refractivity contribution in [1.29, 1.82) is 0 Å². The normalized spacial score (nSPS) is 19.9. The Kier molecular flexibility index (Phi) is 5.51. The first-order chi connectivity index (χ1) is 7.42. The number of hydrogen-bond acceptors (Lipinski definition) is 1. The molecule has 0 amide bonds. The van der Waals surface area contributed by atoms with Crippen LogP contribution in [-0.2, 0) is 0 Å². The SMILES string of the molecule is CC.CN=C(N1CCCC1)N1CCCC1. The number of nitrogens with zero attached hydrogens (tertiary/aromatic N) is 3. The Bertz CT molecular complexity index is 171. The summed E-state index contributed by atoms with van der Waals surface area (Å²) < 4.78 is 0. The highest BCUT2D eigenvalue weighted by molar-refractivity contribution is 5.80. The smallest absolute Gasteiger partial charge is 0.196 e. The van der Waals surface area contributed by atoms with Gasteiger partial charge < -0.3 is 9.80 Å². The molecular weight excluding hydrogens is 186 g/mol. The standard InChI is InChI=1S/C10H19N3.C2H6/c1-11-10(12-6-2-3-7-12)13-8-4-5-9-13;1-2/h2-9H2,1H3;1-2H3. The van der Waals surface area contributed by atoms with Crippen molar-refractivity contribution in [2.24, 2.45) is 4.99 Å². The third-order valence-electron chi connectivity index (χ3n) is 2.98. The molecule has 0 atom stereocenters. The minimum absolute atomic E-state index is 1.21. The van der Waals surface area contributed by atoms with Crippen molar-refractivity contribution in [2.75, 3.05) is 33.2 Å². The van der Waals surface area contributed by atoms with Gasteiger partial charge in [-0.3, -0.25) is 4.99 Å². The first kappa shape index (κ1) is 12.3. The molecule has 0 unspecified atom stereocenters.